The molecule has 0 fully saturated rings. The molecular formula is C35H23N2OP. The third-order valence-electron chi connectivity index (χ3n) is 8.69. The summed E-state index contributed by atoms with van der Waals surface area (Å²) in [5, 5.41) is 2.59. The van der Waals surface area contributed by atoms with E-state index in [1.807, 2.05) is 60.7 Å². The highest BCUT2D eigenvalue weighted by atomic mass is 31.2. The largest absolute Gasteiger partial charge is 0.308 e. The number of hydrogen-bond acceptors (Lipinski definition) is 2. The van der Waals surface area contributed by atoms with E-state index in [1.165, 1.54) is 27.9 Å². The second kappa shape index (κ2) is 7.56. The number of benzene rings is 3. The topological polar surface area (TPSA) is 34.9 Å². The average Bonchev–Trinajstić information content (AvgIpc) is 3.39. The van der Waals surface area contributed by atoms with Gasteiger partial charge in [0.15, 0.2) is 7.14 Å². The van der Waals surface area contributed by atoms with Gasteiger partial charge in [-0.15, -0.1) is 0 Å². The van der Waals surface area contributed by atoms with Crippen LogP contribution in [0.5, 0.6) is 0 Å². The first-order valence-electron chi connectivity index (χ1n) is 13.4. The van der Waals surface area contributed by atoms with Crippen LogP contribution in [-0.2, 0) is 4.57 Å². The molecule has 9 rings (SSSR count). The van der Waals surface area contributed by atoms with Crippen LogP contribution in [0.15, 0.2) is 149 Å². The summed E-state index contributed by atoms with van der Waals surface area (Å²) in [6.45, 7) is 0. The Balaban J connectivity index is 1.39. The quantitative estimate of drug-likeness (QED) is 0.247. The number of aromatic nitrogens is 2. The molecule has 0 bridgehead atoms. The Bertz CT molecular complexity index is 2060. The molecule has 2 heterocycles. The van der Waals surface area contributed by atoms with Crippen molar-refractivity contribution in [1.29, 1.82) is 0 Å². The van der Waals surface area contributed by atoms with Crippen molar-refractivity contribution in [2.24, 2.45) is 5.92 Å². The summed E-state index contributed by atoms with van der Waals surface area (Å²) in [6, 6.07) is 24.2. The third-order valence-corrected chi connectivity index (χ3v) is 11.8. The molecule has 1 aliphatic heterocycles. The molecule has 4 aromatic rings. The normalized spacial score (nSPS) is 23.5. The monoisotopic (exact) mass is 518 g/mol. The van der Waals surface area contributed by atoms with Gasteiger partial charge in [-0.2, -0.15) is 0 Å². The van der Waals surface area contributed by atoms with Crippen LogP contribution in [0.3, 0.4) is 0 Å². The molecule has 1 aromatic heterocycles. The van der Waals surface area contributed by atoms with Crippen LogP contribution < -0.4 is 15.9 Å². The maximum Gasteiger partial charge on any atom is 0.175 e. The highest BCUT2D eigenvalue weighted by Gasteiger charge is 2.41. The number of hydrogen-bond donors (Lipinski definition) is 0. The van der Waals surface area contributed by atoms with Gasteiger partial charge in [0, 0.05) is 27.4 Å². The van der Waals surface area contributed by atoms with Crippen LogP contribution in [0.4, 0.5) is 0 Å². The van der Waals surface area contributed by atoms with Gasteiger partial charge in [-0.05, 0) is 64.6 Å². The van der Waals surface area contributed by atoms with E-state index in [4.69, 9.17) is 4.98 Å². The zero-order valence-electron chi connectivity index (χ0n) is 21.1. The van der Waals surface area contributed by atoms with Crippen molar-refractivity contribution >= 4 is 39.7 Å². The van der Waals surface area contributed by atoms with E-state index in [0.717, 1.165) is 50.5 Å². The maximum atomic E-state index is 15.2. The summed E-state index contributed by atoms with van der Waals surface area (Å²) in [4.78, 5) is 5.29. The van der Waals surface area contributed by atoms with Crippen molar-refractivity contribution in [3.8, 4) is 5.69 Å². The second-order valence-corrected chi connectivity index (χ2v) is 13.4. The highest BCUT2D eigenvalue weighted by molar-refractivity contribution is 7.86. The van der Waals surface area contributed by atoms with Gasteiger partial charge in [-0.25, -0.2) is 4.98 Å². The Morgan fingerprint density at radius 2 is 1.69 bits per heavy atom. The Morgan fingerprint density at radius 3 is 2.62 bits per heavy atom. The predicted molar refractivity (Wildman–Crippen MR) is 160 cm³/mol. The lowest BCUT2D eigenvalue weighted by Gasteiger charge is -2.37. The van der Waals surface area contributed by atoms with Gasteiger partial charge in [0.2, 0.25) is 0 Å². The number of fused-ring (bicyclic) bond motifs is 2. The van der Waals surface area contributed by atoms with Crippen LogP contribution >= 0.6 is 7.14 Å². The molecule has 0 N–H and O–H groups in total. The van der Waals surface area contributed by atoms with Crippen molar-refractivity contribution in [2.75, 3.05) is 0 Å². The Labute approximate surface area is 226 Å². The number of rotatable bonds is 2. The number of imidazole rings is 1. The summed E-state index contributed by atoms with van der Waals surface area (Å²) in [6.07, 6.45) is 19.0. The van der Waals surface area contributed by atoms with E-state index < -0.39 is 7.14 Å². The number of nitrogens with zero attached hydrogens (tertiary/aromatic N) is 2. The van der Waals surface area contributed by atoms with Gasteiger partial charge in [0.1, 0.15) is 5.82 Å². The van der Waals surface area contributed by atoms with E-state index in [9.17, 15) is 0 Å². The summed E-state index contributed by atoms with van der Waals surface area (Å²) in [5.41, 5.74) is 10.7. The first-order chi connectivity index (χ1) is 19.2. The molecule has 2 atom stereocenters. The minimum atomic E-state index is -3.09. The minimum Gasteiger partial charge on any atom is -0.308 e. The first-order valence-corrected chi connectivity index (χ1v) is 15.1. The fraction of sp³-hybridized carbons (Fsp3) is 0.0571. The molecule has 0 radical (unpaired) electrons. The molecule has 4 aliphatic carbocycles. The smallest absolute Gasteiger partial charge is 0.175 e. The van der Waals surface area contributed by atoms with Crippen LogP contribution in [0, 0.1) is 5.92 Å². The molecule has 3 nitrogen and oxygen atoms in total. The summed E-state index contributed by atoms with van der Waals surface area (Å²) >= 11 is 0. The summed E-state index contributed by atoms with van der Waals surface area (Å²) < 4.78 is 17.5. The SMILES string of the molecule is O=P1(c2ccccc2)c2ccccc2-n2c(C3=C4C=CC=C5C=CC6=C(C(=C3)CC=C6)C54)nc3cccc1c32. The molecule has 2 unspecified atom stereocenters. The van der Waals surface area contributed by atoms with Gasteiger partial charge in [-0.1, -0.05) is 91.1 Å². The van der Waals surface area contributed by atoms with Gasteiger partial charge in [0.05, 0.1) is 16.7 Å². The zero-order chi connectivity index (χ0) is 25.7. The molecule has 4 heteroatoms. The van der Waals surface area contributed by atoms with Gasteiger partial charge in [0.25, 0.3) is 0 Å². The first kappa shape index (κ1) is 21.5. The van der Waals surface area contributed by atoms with Gasteiger partial charge in [-0.3, -0.25) is 4.57 Å². The number of para-hydroxylation sites is 2. The highest BCUT2D eigenvalue weighted by Crippen LogP contribution is 2.53. The standard InChI is InChI=1S/C35H23N2OP/c38-39(25-12-2-1-3-13-25)30-17-5-4-16-29(30)37-34-28(15-8-18-31(34)39)36-35(37)27-21-24-11-6-9-22-19-20-23-10-7-14-26(27)33(23)32(22)24/h1-10,12-21,33H,11H2. The van der Waals surface area contributed by atoms with Crippen LogP contribution in [-0.4, -0.2) is 9.55 Å². The Morgan fingerprint density at radius 1 is 0.846 bits per heavy atom. The maximum absolute atomic E-state index is 15.2. The zero-order valence-corrected chi connectivity index (χ0v) is 22.0. The molecule has 3 aromatic carbocycles. The van der Waals surface area contributed by atoms with E-state index >= 15 is 4.57 Å². The van der Waals surface area contributed by atoms with Crippen LogP contribution in [0.1, 0.15) is 12.2 Å². The molecule has 5 aliphatic rings. The number of allylic oxidation sites excluding steroid dienone is 14. The summed E-state index contributed by atoms with van der Waals surface area (Å²) in [7, 11) is -3.09. The molecule has 39 heavy (non-hydrogen) atoms. The fourth-order valence-electron chi connectivity index (χ4n) is 7.07. The Kier molecular flexibility index (Phi) is 4.16. The fourth-order valence-corrected chi connectivity index (χ4v) is 10.1. The van der Waals surface area contributed by atoms with E-state index in [2.05, 4.69) is 65.3 Å². The lowest BCUT2D eigenvalue weighted by atomic mass is 9.67. The van der Waals surface area contributed by atoms with E-state index in [0.29, 0.717) is 0 Å². The van der Waals surface area contributed by atoms with Gasteiger partial charge >= 0.3 is 0 Å². The average molecular weight is 519 g/mol. The van der Waals surface area contributed by atoms with Gasteiger partial charge < -0.3 is 4.57 Å². The lowest BCUT2D eigenvalue weighted by molar-refractivity contribution is 0.592. The molecule has 0 saturated heterocycles. The molecular weight excluding hydrogens is 495 g/mol. The second-order valence-electron chi connectivity index (χ2n) is 10.7. The lowest BCUT2D eigenvalue weighted by Crippen LogP contribution is -2.33. The molecule has 0 amide bonds. The predicted octanol–water partition coefficient (Wildman–Crippen LogP) is 6.61. The third kappa shape index (κ3) is 2.68. The van der Waals surface area contributed by atoms with Crippen molar-refractivity contribution in [3.05, 3.63) is 155 Å². The molecule has 0 saturated carbocycles. The van der Waals surface area contributed by atoms with Crippen molar-refractivity contribution in [3.63, 3.8) is 0 Å². The van der Waals surface area contributed by atoms with Crippen molar-refractivity contribution < 1.29 is 4.57 Å². The van der Waals surface area contributed by atoms with E-state index in [1.54, 1.807) is 0 Å². The molecule has 184 valence electrons. The van der Waals surface area contributed by atoms with Crippen molar-refractivity contribution in [2.45, 2.75) is 6.42 Å². The van der Waals surface area contributed by atoms with Crippen LogP contribution in [0.25, 0.3) is 22.3 Å². The summed E-state index contributed by atoms with van der Waals surface area (Å²) in [5.74, 6) is 1.14. The van der Waals surface area contributed by atoms with Crippen LogP contribution in [0.2, 0.25) is 0 Å². The Hall–Kier alpha value is -4.46. The molecule has 0 spiro atoms. The van der Waals surface area contributed by atoms with E-state index in [-0.39, 0.29) is 5.92 Å². The minimum absolute atomic E-state index is 0.219. The van der Waals surface area contributed by atoms with Crippen molar-refractivity contribution in [1.82, 2.24) is 9.55 Å².